The number of aliphatic carboxylic acids is 1. The number of rotatable bonds is 8. The molecular formula is C31H38F3N3O6. The van der Waals surface area contributed by atoms with E-state index in [1.165, 1.54) is 12.1 Å². The summed E-state index contributed by atoms with van der Waals surface area (Å²) in [5, 5.41) is 14.3. The first-order valence-corrected chi connectivity index (χ1v) is 14.4. The number of carbonyl (C=O) groups excluding carboxylic acids is 2. The molecule has 3 amide bonds. The normalized spacial score (nSPS) is 20.3. The lowest BCUT2D eigenvalue weighted by atomic mass is 9.71. The smallest absolute Gasteiger partial charge is 0.493 e. The average Bonchev–Trinajstić information content (AvgIpc) is 2.93. The van der Waals surface area contributed by atoms with Crippen LogP contribution in [-0.2, 0) is 4.79 Å². The standard InChI is InChI=1S/C31H38F3N3O6/c1-30(2,3)20-5-9-22(10-6-20)37(29(41)36-21-7-11-23(12-8-21)43-31(32,33)34)25-15-17-42-26-18-19(4-13-24(25)26)28(40)35-16-14-27(38)39/h4,7-8,11-13,18,20,22,25H,5-6,9-10,14-17H2,1-3H3,(H,35,40)(H,36,41)(H,38,39). The van der Waals surface area contributed by atoms with Gasteiger partial charge >= 0.3 is 18.4 Å². The maximum atomic E-state index is 13.9. The molecule has 0 spiro atoms. The SMILES string of the molecule is CC(C)(C)C1CCC(N(C(=O)Nc2ccc(OC(F)(F)F)cc2)C2CCOc3cc(C(=O)NCCC(=O)O)ccc32)CC1. The Balaban J connectivity index is 1.57. The lowest BCUT2D eigenvalue weighted by molar-refractivity contribution is -0.274. The van der Waals surface area contributed by atoms with Crippen molar-refractivity contribution < 1.29 is 42.1 Å². The molecule has 1 unspecified atom stereocenters. The van der Waals surface area contributed by atoms with Gasteiger partial charge < -0.3 is 30.1 Å². The Hall–Kier alpha value is -3.96. The maximum absolute atomic E-state index is 13.9. The van der Waals surface area contributed by atoms with Crippen molar-refractivity contribution in [2.75, 3.05) is 18.5 Å². The molecule has 1 aliphatic carbocycles. The van der Waals surface area contributed by atoms with E-state index in [0.29, 0.717) is 35.9 Å². The number of fused-ring (bicyclic) bond motifs is 1. The second-order valence-corrected chi connectivity index (χ2v) is 12.1. The topological polar surface area (TPSA) is 117 Å². The first-order valence-electron chi connectivity index (χ1n) is 14.4. The molecule has 1 fully saturated rings. The number of alkyl halides is 3. The third kappa shape index (κ3) is 8.55. The fourth-order valence-corrected chi connectivity index (χ4v) is 5.90. The average molecular weight is 606 g/mol. The van der Waals surface area contributed by atoms with Gasteiger partial charge in [0.1, 0.15) is 11.5 Å². The minimum absolute atomic E-state index is 0.0107. The van der Waals surface area contributed by atoms with Crippen molar-refractivity contribution in [1.82, 2.24) is 10.2 Å². The summed E-state index contributed by atoms with van der Waals surface area (Å²) in [7, 11) is 0. The summed E-state index contributed by atoms with van der Waals surface area (Å²) in [6.45, 7) is 6.96. The molecule has 0 aromatic heterocycles. The van der Waals surface area contributed by atoms with Crippen molar-refractivity contribution in [2.45, 2.75) is 77.7 Å². The molecule has 12 heteroatoms. The highest BCUT2D eigenvalue weighted by atomic mass is 19.4. The Morgan fingerprint density at radius 1 is 1.00 bits per heavy atom. The molecule has 2 aromatic rings. The number of carboxylic acids is 1. The van der Waals surface area contributed by atoms with Gasteiger partial charge in [-0.3, -0.25) is 9.59 Å². The lowest BCUT2D eigenvalue weighted by Gasteiger charge is -2.45. The number of hydrogen-bond acceptors (Lipinski definition) is 5. The molecule has 2 aromatic carbocycles. The predicted molar refractivity (Wildman–Crippen MR) is 153 cm³/mol. The first kappa shape index (κ1) is 32.0. The van der Waals surface area contributed by atoms with Crippen LogP contribution in [-0.4, -0.2) is 53.5 Å². The molecule has 4 rings (SSSR count). The van der Waals surface area contributed by atoms with Crippen molar-refractivity contribution in [3.05, 3.63) is 53.6 Å². The number of halogens is 3. The highest BCUT2D eigenvalue weighted by Crippen LogP contribution is 2.44. The van der Waals surface area contributed by atoms with Crippen molar-refractivity contribution in [2.24, 2.45) is 11.3 Å². The fraction of sp³-hybridized carbons (Fsp3) is 0.516. The molecule has 2 aliphatic rings. The number of carboxylic acid groups (broad SMARTS) is 1. The molecule has 1 heterocycles. The van der Waals surface area contributed by atoms with Crippen LogP contribution < -0.4 is 20.1 Å². The van der Waals surface area contributed by atoms with E-state index in [4.69, 9.17) is 9.84 Å². The highest BCUT2D eigenvalue weighted by Gasteiger charge is 2.39. The second-order valence-electron chi connectivity index (χ2n) is 12.1. The zero-order valence-electron chi connectivity index (χ0n) is 24.5. The zero-order chi connectivity index (χ0) is 31.4. The van der Waals surface area contributed by atoms with Gasteiger partial charge in [0.25, 0.3) is 5.91 Å². The number of hydrogen-bond donors (Lipinski definition) is 3. The number of anilines is 1. The van der Waals surface area contributed by atoms with Crippen LogP contribution in [0.2, 0.25) is 0 Å². The Bertz CT molecular complexity index is 1300. The van der Waals surface area contributed by atoms with Crippen molar-refractivity contribution in [3.8, 4) is 11.5 Å². The zero-order valence-corrected chi connectivity index (χ0v) is 24.5. The molecule has 1 aliphatic heterocycles. The molecule has 3 N–H and O–H groups in total. The molecule has 1 atom stereocenters. The van der Waals surface area contributed by atoms with Crippen molar-refractivity contribution in [1.29, 1.82) is 0 Å². The summed E-state index contributed by atoms with van der Waals surface area (Å²) >= 11 is 0. The van der Waals surface area contributed by atoms with Crippen LogP contribution in [0.15, 0.2) is 42.5 Å². The molecule has 234 valence electrons. The van der Waals surface area contributed by atoms with Gasteiger partial charge in [-0.1, -0.05) is 26.8 Å². The first-order chi connectivity index (χ1) is 20.2. The van der Waals surface area contributed by atoms with E-state index in [-0.39, 0.29) is 42.2 Å². The van der Waals surface area contributed by atoms with E-state index in [0.717, 1.165) is 43.4 Å². The van der Waals surface area contributed by atoms with Crippen molar-refractivity contribution in [3.63, 3.8) is 0 Å². The number of benzene rings is 2. The minimum atomic E-state index is -4.82. The second kappa shape index (κ2) is 13.1. The van der Waals surface area contributed by atoms with Crippen LogP contribution in [0.25, 0.3) is 0 Å². The van der Waals surface area contributed by atoms with Gasteiger partial charge in [-0.2, -0.15) is 0 Å². The van der Waals surface area contributed by atoms with Gasteiger partial charge in [0, 0.05) is 35.8 Å². The van der Waals surface area contributed by atoms with E-state index in [9.17, 15) is 27.6 Å². The monoisotopic (exact) mass is 605 g/mol. The van der Waals surface area contributed by atoms with Gasteiger partial charge in [0.05, 0.1) is 19.1 Å². The van der Waals surface area contributed by atoms with Crippen LogP contribution >= 0.6 is 0 Å². The van der Waals surface area contributed by atoms with Gasteiger partial charge in [0.15, 0.2) is 0 Å². The molecule has 0 radical (unpaired) electrons. The van der Waals surface area contributed by atoms with Crippen LogP contribution in [0.3, 0.4) is 0 Å². The van der Waals surface area contributed by atoms with Crippen LogP contribution in [0.1, 0.15) is 81.3 Å². The van der Waals surface area contributed by atoms with Gasteiger partial charge in [-0.25, -0.2) is 4.79 Å². The molecule has 9 nitrogen and oxygen atoms in total. The largest absolute Gasteiger partial charge is 0.573 e. The molecule has 0 bridgehead atoms. The number of carbonyl (C=O) groups is 3. The van der Waals surface area contributed by atoms with E-state index < -0.39 is 18.2 Å². The Labute approximate surface area is 248 Å². The van der Waals surface area contributed by atoms with E-state index in [1.54, 1.807) is 18.2 Å². The Morgan fingerprint density at radius 2 is 1.67 bits per heavy atom. The predicted octanol–water partition coefficient (Wildman–Crippen LogP) is 6.75. The number of nitrogens with zero attached hydrogens (tertiary/aromatic N) is 1. The third-order valence-corrected chi connectivity index (χ3v) is 8.13. The number of nitrogens with one attached hydrogen (secondary N) is 2. The number of amides is 3. The molecule has 43 heavy (non-hydrogen) atoms. The van der Waals surface area contributed by atoms with Gasteiger partial charge in [0.2, 0.25) is 0 Å². The number of urea groups is 1. The summed E-state index contributed by atoms with van der Waals surface area (Å²) in [6, 6.07) is 9.18. The minimum Gasteiger partial charge on any atom is -0.493 e. The van der Waals surface area contributed by atoms with Crippen LogP contribution in [0, 0.1) is 11.3 Å². The van der Waals surface area contributed by atoms with E-state index in [1.807, 2.05) is 4.90 Å². The number of ether oxygens (including phenoxy) is 2. The summed E-state index contributed by atoms with van der Waals surface area (Å²) in [6.07, 6.45) is -1.01. The summed E-state index contributed by atoms with van der Waals surface area (Å²) in [5.74, 6) is -0.847. The van der Waals surface area contributed by atoms with E-state index in [2.05, 4.69) is 36.1 Å². The Morgan fingerprint density at radius 3 is 2.28 bits per heavy atom. The lowest BCUT2D eigenvalue weighted by Crippen LogP contribution is -2.48. The Kier molecular flexibility index (Phi) is 9.76. The summed E-state index contributed by atoms with van der Waals surface area (Å²) < 4.78 is 47.6. The third-order valence-electron chi connectivity index (χ3n) is 8.13. The van der Waals surface area contributed by atoms with Gasteiger partial charge in [-0.15, -0.1) is 13.2 Å². The van der Waals surface area contributed by atoms with E-state index >= 15 is 0 Å². The quantitative estimate of drug-likeness (QED) is 0.306. The highest BCUT2D eigenvalue weighted by molar-refractivity contribution is 5.95. The molecule has 0 saturated heterocycles. The van der Waals surface area contributed by atoms with Gasteiger partial charge in [-0.05, 0) is 73.4 Å². The summed E-state index contributed by atoms with van der Waals surface area (Å²) in [5.41, 5.74) is 1.53. The molecular weight excluding hydrogens is 567 g/mol. The van der Waals surface area contributed by atoms with Crippen LogP contribution in [0.5, 0.6) is 11.5 Å². The van der Waals surface area contributed by atoms with Crippen molar-refractivity contribution >= 4 is 23.6 Å². The molecule has 1 saturated carbocycles. The van der Waals surface area contributed by atoms with Crippen LogP contribution in [0.4, 0.5) is 23.7 Å². The summed E-state index contributed by atoms with van der Waals surface area (Å²) in [4.78, 5) is 39.1. The maximum Gasteiger partial charge on any atom is 0.573 e. The fourth-order valence-electron chi connectivity index (χ4n) is 5.90.